The number of benzene rings is 1. The van der Waals surface area contributed by atoms with E-state index in [0.717, 1.165) is 28.6 Å². The third-order valence-corrected chi connectivity index (χ3v) is 4.98. The Morgan fingerprint density at radius 3 is 2.29 bits per heavy atom. The molecule has 0 bridgehead atoms. The highest BCUT2D eigenvalue weighted by molar-refractivity contribution is 9.10. The molecule has 0 atom stereocenters. The van der Waals surface area contributed by atoms with Crippen LogP contribution in [-0.4, -0.2) is 21.6 Å². The maximum Gasteiger partial charge on any atom is 0.313 e. The number of hydrogen-bond acceptors (Lipinski definition) is 3. The number of hydrogen-bond donors (Lipinski definition) is 2. The topological polar surface area (TPSA) is 76.0 Å². The first-order valence-corrected chi connectivity index (χ1v) is 8.51. The second-order valence-electron chi connectivity index (χ2n) is 6.17. The van der Waals surface area contributed by atoms with Crippen molar-refractivity contribution >= 4 is 33.4 Å². The van der Waals surface area contributed by atoms with Crippen LogP contribution >= 0.6 is 15.9 Å². The van der Waals surface area contributed by atoms with E-state index < -0.39 is 17.4 Å². The molecule has 1 heterocycles. The summed E-state index contributed by atoms with van der Waals surface area (Å²) in [4.78, 5) is 24.6. The Morgan fingerprint density at radius 2 is 1.79 bits per heavy atom. The van der Waals surface area contributed by atoms with E-state index in [1.807, 2.05) is 31.2 Å². The van der Waals surface area contributed by atoms with Gasteiger partial charge in [-0.3, -0.25) is 14.3 Å². The molecule has 0 spiro atoms. The fourth-order valence-corrected chi connectivity index (χ4v) is 3.04. The molecule has 1 fully saturated rings. The molecule has 1 saturated carbocycles. The van der Waals surface area contributed by atoms with Crippen molar-refractivity contribution in [1.29, 1.82) is 0 Å². The lowest BCUT2D eigenvalue weighted by atomic mass is 10.1. The molecule has 6 nitrogen and oxygen atoms in total. The molecule has 1 aliphatic carbocycles. The van der Waals surface area contributed by atoms with Crippen molar-refractivity contribution in [2.75, 3.05) is 5.32 Å². The molecule has 0 radical (unpaired) electrons. The Labute approximate surface area is 148 Å². The number of nitrogens with one attached hydrogen (secondary N) is 2. The van der Waals surface area contributed by atoms with Crippen LogP contribution in [0.3, 0.4) is 0 Å². The van der Waals surface area contributed by atoms with Gasteiger partial charge in [0.25, 0.3) is 0 Å². The van der Waals surface area contributed by atoms with Gasteiger partial charge in [-0.1, -0.05) is 28.1 Å². The number of carbonyl (C=O) groups is 2. The summed E-state index contributed by atoms with van der Waals surface area (Å²) in [6.45, 7) is 3.64. The minimum Gasteiger partial charge on any atom is -0.338 e. The number of aryl methyl sites for hydroxylation is 2. The highest BCUT2D eigenvalue weighted by Crippen LogP contribution is 2.45. The van der Waals surface area contributed by atoms with E-state index in [0.29, 0.717) is 11.4 Å². The predicted octanol–water partition coefficient (Wildman–Crippen LogP) is 2.54. The van der Waals surface area contributed by atoms with Gasteiger partial charge in [0.05, 0.1) is 22.6 Å². The molecule has 126 valence electrons. The second-order valence-corrected chi connectivity index (χ2v) is 7.08. The molecule has 1 aromatic heterocycles. The van der Waals surface area contributed by atoms with Gasteiger partial charge in [-0.05, 0) is 44.4 Å². The number of aromatic nitrogens is 2. The van der Waals surface area contributed by atoms with E-state index in [1.54, 1.807) is 18.7 Å². The van der Waals surface area contributed by atoms with Crippen molar-refractivity contribution in [3.63, 3.8) is 0 Å². The molecular formula is C17H19BrN4O2. The van der Waals surface area contributed by atoms with Gasteiger partial charge < -0.3 is 10.6 Å². The Balaban J connectivity index is 1.70. The number of anilines is 1. The van der Waals surface area contributed by atoms with Crippen molar-refractivity contribution < 1.29 is 9.59 Å². The second kappa shape index (κ2) is 6.05. The molecule has 0 aliphatic heterocycles. The summed E-state index contributed by atoms with van der Waals surface area (Å²) in [6, 6.07) is 7.79. The van der Waals surface area contributed by atoms with Gasteiger partial charge in [0.1, 0.15) is 0 Å². The highest BCUT2D eigenvalue weighted by Gasteiger charge is 2.46. The highest BCUT2D eigenvalue weighted by atomic mass is 79.9. The van der Waals surface area contributed by atoms with Crippen molar-refractivity contribution in [1.82, 2.24) is 15.1 Å². The summed E-state index contributed by atoms with van der Waals surface area (Å²) >= 11 is 3.40. The number of carbonyl (C=O) groups excluding carboxylic acids is 2. The lowest BCUT2D eigenvalue weighted by Crippen LogP contribution is -2.42. The predicted molar refractivity (Wildman–Crippen MR) is 94.5 cm³/mol. The standard InChI is InChI=1S/C17H19BrN4O2/c1-10-14(11(2)22(3)21-10)19-15(23)16(24)20-17(8-9-17)12-4-6-13(18)7-5-12/h4-7H,8-9H2,1-3H3,(H,19,23)(H,20,24). The van der Waals surface area contributed by atoms with E-state index in [4.69, 9.17) is 0 Å². The van der Waals surface area contributed by atoms with Crippen molar-refractivity contribution in [2.24, 2.45) is 7.05 Å². The van der Waals surface area contributed by atoms with Crippen LogP contribution in [0.2, 0.25) is 0 Å². The fraction of sp³-hybridized carbons (Fsp3) is 0.353. The normalized spacial score (nSPS) is 15.0. The summed E-state index contributed by atoms with van der Waals surface area (Å²) in [7, 11) is 1.80. The summed E-state index contributed by atoms with van der Waals surface area (Å²) in [5.41, 5.74) is 2.67. The first kappa shape index (κ1) is 16.7. The Kier molecular flexibility index (Phi) is 4.21. The van der Waals surface area contributed by atoms with Gasteiger partial charge in [0, 0.05) is 11.5 Å². The molecule has 1 aliphatic rings. The number of halogens is 1. The van der Waals surface area contributed by atoms with E-state index >= 15 is 0 Å². The largest absolute Gasteiger partial charge is 0.338 e. The van der Waals surface area contributed by atoms with Gasteiger partial charge in [0.2, 0.25) is 0 Å². The monoisotopic (exact) mass is 390 g/mol. The molecular weight excluding hydrogens is 372 g/mol. The average Bonchev–Trinajstić information content (AvgIpc) is 3.27. The van der Waals surface area contributed by atoms with Crippen LogP contribution in [0.1, 0.15) is 29.8 Å². The molecule has 7 heteroatoms. The lowest BCUT2D eigenvalue weighted by Gasteiger charge is -2.18. The molecule has 2 N–H and O–H groups in total. The van der Waals surface area contributed by atoms with Gasteiger partial charge in [0.15, 0.2) is 0 Å². The Bertz CT molecular complexity index is 807. The molecule has 3 rings (SSSR count). The Hall–Kier alpha value is -2.15. The molecule has 1 aromatic carbocycles. The minimum atomic E-state index is -0.669. The quantitative estimate of drug-likeness (QED) is 0.790. The summed E-state index contributed by atoms with van der Waals surface area (Å²) in [5.74, 6) is -1.30. The third kappa shape index (κ3) is 3.08. The molecule has 2 aromatic rings. The van der Waals surface area contributed by atoms with Crippen LogP contribution in [0.5, 0.6) is 0 Å². The Morgan fingerprint density at radius 1 is 1.17 bits per heavy atom. The first-order valence-electron chi connectivity index (χ1n) is 7.72. The summed E-state index contributed by atoms with van der Waals surface area (Å²) in [5, 5.41) is 9.78. The zero-order valence-corrected chi connectivity index (χ0v) is 15.4. The SMILES string of the molecule is Cc1nn(C)c(C)c1NC(=O)C(=O)NC1(c2ccc(Br)cc2)CC1. The number of nitrogens with zero attached hydrogens (tertiary/aromatic N) is 2. The lowest BCUT2D eigenvalue weighted by molar-refractivity contribution is -0.136. The molecule has 0 unspecified atom stereocenters. The summed E-state index contributed by atoms with van der Waals surface area (Å²) < 4.78 is 2.65. The van der Waals surface area contributed by atoms with E-state index in [2.05, 4.69) is 31.7 Å². The van der Waals surface area contributed by atoms with Crippen LogP contribution in [0.25, 0.3) is 0 Å². The van der Waals surface area contributed by atoms with Crippen molar-refractivity contribution in [3.8, 4) is 0 Å². The maximum atomic E-state index is 12.3. The van der Waals surface area contributed by atoms with E-state index in [1.165, 1.54) is 0 Å². The number of amides is 2. The van der Waals surface area contributed by atoms with Crippen LogP contribution in [0.15, 0.2) is 28.7 Å². The van der Waals surface area contributed by atoms with E-state index in [9.17, 15) is 9.59 Å². The van der Waals surface area contributed by atoms with Gasteiger partial charge in [-0.15, -0.1) is 0 Å². The zero-order valence-electron chi connectivity index (χ0n) is 13.8. The number of rotatable bonds is 3. The summed E-state index contributed by atoms with van der Waals surface area (Å²) in [6.07, 6.45) is 1.66. The molecule has 2 amide bonds. The van der Waals surface area contributed by atoms with Gasteiger partial charge in [-0.25, -0.2) is 0 Å². The maximum absolute atomic E-state index is 12.3. The van der Waals surface area contributed by atoms with Gasteiger partial charge in [-0.2, -0.15) is 5.10 Å². The van der Waals surface area contributed by atoms with Crippen LogP contribution in [0, 0.1) is 13.8 Å². The van der Waals surface area contributed by atoms with Crippen LogP contribution in [0.4, 0.5) is 5.69 Å². The molecule has 0 saturated heterocycles. The minimum absolute atomic E-state index is 0.422. The van der Waals surface area contributed by atoms with E-state index in [-0.39, 0.29) is 0 Å². The van der Waals surface area contributed by atoms with Crippen LogP contribution in [-0.2, 0) is 22.2 Å². The van der Waals surface area contributed by atoms with Crippen LogP contribution < -0.4 is 10.6 Å². The van der Waals surface area contributed by atoms with Gasteiger partial charge >= 0.3 is 11.8 Å². The fourth-order valence-electron chi connectivity index (χ4n) is 2.78. The van der Waals surface area contributed by atoms with Crippen molar-refractivity contribution in [2.45, 2.75) is 32.2 Å². The third-order valence-electron chi connectivity index (χ3n) is 4.45. The average molecular weight is 391 g/mol. The smallest absolute Gasteiger partial charge is 0.313 e. The first-order chi connectivity index (χ1) is 11.3. The van der Waals surface area contributed by atoms with Crippen molar-refractivity contribution in [3.05, 3.63) is 45.7 Å². The molecule has 24 heavy (non-hydrogen) atoms. The zero-order chi connectivity index (χ0) is 17.5.